The van der Waals surface area contributed by atoms with Gasteiger partial charge in [-0.2, -0.15) is 0 Å². The first-order valence-electron chi connectivity index (χ1n) is 8.23. The molecule has 0 radical (unpaired) electrons. The summed E-state index contributed by atoms with van der Waals surface area (Å²) in [5.74, 6) is 1.24. The first-order valence-corrected chi connectivity index (χ1v) is 8.23. The first kappa shape index (κ1) is 15.9. The predicted molar refractivity (Wildman–Crippen MR) is 104 cm³/mol. The number of para-hydroxylation sites is 1. The van der Waals surface area contributed by atoms with Crippen LogP contribution in [-0.2, 0) is 0 Å². The van der Waals surface area contributed by atoms with Crippen molar-refractivity contribution < 1.29 is 4.74 Å². The van der Waals surface area contributed by atoms with Gasteiger partial charge in [-0.25, -0.2) is 4.98 Å². The second kappa shape index (κ2) is 6.72. The van der Waals surface area contributed by atoms with Crippen LogP contribution in [0.25, 0.3) is 16.5 Å². The number of hydrogen-bond donors (Lipinski definition) is 1. The van der Waals surface area contributed by atoms with E-state index in [-0.39, 0.29) is 5.56 Å². The lowest BCUT2D eigenvalue weighted by atomic mass is 10.2. The van der Waals surface area contributed by atoms with E-state index in [1.165, 1.54) is 0 Å². The van der Waals surface area contributed by atoms with E-state index in [0.29, 0.717) is 17.0 Å². The summed E-state index contributed by atoms with van der Waals surface area (Å²) < 4.78 is 6.87. The molecular weight excluding hydrogens is 326 g/mol. The summed E-state index contributed by atoms with van der Waals surface area (Å²) in [6.45, 7) is 0. The second-order valence-electron chi connectivity index (χ2n) is 5.81. The van der Waals surface area contributed by atoms with Crippen LogP contribution in [0.15, 0.2) is 83.9 Å². The molecule has 0 bridgehead atoms. The van der Waals surface area contributed by atoms with E-state index in [2.05, 4.69) is 10.3 Å². The number of benzene rings is 2. The zero-order valence-electron chi connectivity index (χ0n) is 14.2. The molecule has 5 nitrogen and oxygen atoms in total. The van der Waals surface area contributed by atoms with Crippen molar-refractivity contribution in [3.63, 3.8) is 0 Å². The number of methoxy groups -OCH3 is 1. The minimum atomic E-state index is -0.137. The van der Waals surface area contributed by atoms with Crippen molar-refractivity contribution in [1.29, 1.82) is 0 Å². The van der Waals surface area contributed by atoms with Crippen molar-refractivity contribution in [3.05, 3.63) is 89.5 Å². The van der Waals surface area contributed by atoms with Crippen LogP contribution in [0.1, 0.15) is 0 Å². The van der Waals surface area contributed by atoms with Crippen molar-refractivity contribution in [2.24, 2.45) is 0 Å². The van der Waals surface area contributed by atoms with Gasteiger partial charge < -0.3 is 10.1 Å². The Morgan fingerprint density at radius 1 is 1.00 bits per heavy atom. The Morgan fingerprint density at radius 2 is 1.85 bits per heavy atom. The number of nitrogens with one attached hydrogen (secondary N) is 1. The fourth-order valence-corrected chi connectivity index (χ4v) is 2.90. The summed E-state index contributed by atoms with van der Waals surface area (Å²) in [4.78, 5) is 17.6. The molecule has 0 fully saturated rings. The summed E-state index contributed by atoms with van der Waals surface area (Å²) in [7, 11) is 1.61. The smallest absolute Gasteiger partial charge is 0.266 e. The molecule has 4 rings (SSSR count). The maximum Gasteiger partial charge on any atom is 0.266 e. The molecule has 128 valence electrons. The summed E-state index contributed by atoms with van der Waals surface area (Å²) >= 11 is 0. The summed E-state index contributed by atoms with van der Waals surface area (Å²) in [6, 6.07) is 20.8. The van der Waals surface area contributed by atoms with Gasteiger partial charge in [-0.15, -0.1) is 0 Å². The molecule has 2 aromatic heterocycles. The Morgan fingerprint density at radius 3 is 2.65 bits per heavy atom. The lowest BCUT2D eigenvalue weighted by Gasteiger charge is -2.12. The largest absolute Gasteiger partial charge is 0.497 e. The van der Waals surface area contributed by atoms with Crippen molar-refractivity contribution in [3.8, 4) is 11.4 Å². The molecule has 0 spiro atoms. The fourth-order valence-electron chi connectivity index (χ4n) is 2.90. The molecule has 0 atom stereocenters. The molecule has 26 heavy (non-hydrogen) atoms. The van der Waals surface area contributed by atoms with Crippen LogP contribution in [0.3, 0.4) is 0 Å². The average molecular weight is 343 g/mol. The fraction of sp³-hybridized carbons (Fsp3) is 0.0476. The first-order chi connectivity index (χ1) is 12.8. The van der Waals surface area contributed by atoms with Crippen molar-refractivity contribution in [2.45, 2.75) is 0 Å². The van der Waals surface area contributed by atoms with Crippen LogP contribution >= 0.6 is 0 Å². The van der Waals surface area contributed by atoms with E-state index in [0.717, 1.165) is 16.8 Å². The second-order valence-corrected chi connectivity index (χ2v) is 5.81. The number of aromatic nitrogens is 2. The van der Waals surface area contributed by atoms with Crippen molar-refractivity contribution in [2.75, 3.05) is 12.4 Å². The molecule has 0 amide bonds. The number of rotatable bonds is 4. The van der Waals surface area contributed by atoms with Gasteiger partial charge in [0.1, 0.15) is 11.6 Å². The number of hydrogen-bond acceptors (Lipinski definition) is 4. The molecule has 0 aliphatic rings. The molecule has 5 heteroatoms. The predicted octanol–water partition coefficient (Wildman–Crippen LogP) is 4.14. The highest BCUT2D eigenvalue weighted by atomic mass is 16.5. The maximum atomic E-state index is 13.2. The normalized spacial score (nSPS) is 10.7. The average Bonchev–Trinajstić information content (AvgIpc) is 2.69. The zero-order chi connectivity index (χ0) is 17.9. The van der Waals surface area contributed by atoms with Gasteiger partial charge in [0, 0.05) is 24.1 Å². The summed E-state index contributed by atoms with van der Waals surface area (Å²) in [5.41, 5.74) is 1.48. The SMILES string of the molecule is COc1cccc(-n2ccc3ccnc(Nc4ccccc4)c3c2=O)c1. The Kier molecular flexibility index (Phi) is 4.11. The standard InChI is InChI=1S/C21H17N3O2/c1-26-18-9-5-8-17(14-18)24-13-11-15-10-12-22-20(19(15)21(24)25)23-16-6-3-2-4-7-16/h2-14H,1H3,(H,22,23). The number of anilines is 2. The number of nitrogens with zero attached hydrogens (tertiary/aromatic N) is 2. The Labute approximate surface area is 150 Å². The van der Waals surface area contributed by atoms with Crippen LogP contribution in [0.2, 0.25) is 0 Å². The van der Waals surface area contributed by atoms with Gasteiger partial charge in [0.05, 0.1) is 18.2 Å². The number of ether oxygens (including phenoxy) is 1. The van der Waals surface area contributed by atoms with Crippen LogP contribution < -0.4 is 15.6 Å². The molecule has 0 aliphatic carbocycles. The lowest BCUT2D eigenvalue weighted by Crippen LogP contribution is -2.19. The Bertz CT molecular complexity index is 1120. The molecule has 4 aromatic rings. The third-order valence-corrected chi connectivity index (χ3v) is 4.19. The van der Waals surface area contributed by atoms with E-state index in [4.69, 9.17) is 4.74 Å². The van der Waals surface area contributed by atoms with E-state index in [1.807, 2.05) is 66.7 Å². The van der Waals surface area contributed by atoms with Gasteiger partial charge in [0.2, 0.25) is 0 Å². The quantitative estimate of drug-likeness (QED) is 0.605. The topological polar surface area (TPSA) is 56.1 Å². The minimum Gasteiger partial charge on any atom is -0.497 e. The molecule has 0 unspecified atom stereocenters. The van der Waals surface area contributed by atoms with Gasteiger partial charge in [0.25, 0.3) is 5.56 Å². The van der Waals surface area contributed by atoms with E-state index < -0.39 is 0 Å². The highest BCUT2D eigenvalue weighted by Crippen LogP contribution is 2.22. The number of pyridine rings is 2. The monoisotopic (exact) mass is 343 g/mol. The molecule has 2 heterocycles. The Balaban J connectivity index is 1.88. The molecule has 2 aromatic carbocycles. The zero-order valence-corrected chi connectivity index (χ0v) is 14.2. The van der Waals surface area contributed by atoms with Crippen LogP contribution in [0, 0.1) is 0 Å². The molecule has 0 saturated carbocycles. The molecule has 0 saturated heterocycles. The van der Waals surface area contributed by atoms with Crippen molar-refractivity contribution in [1.82, 2.24) is 9.55 Å². The highest BCUT2D eigenvalue weighted by molar-refractivity contribution is 5.92. The van der Waals surface area contributed by atoms with Gasteiger partial charge in [0.15, 0.2) is 0 Å². The van der Waals surface area contributed by atoms with Gasteiger partial charge >= 0.3 is 0 Å². The van der Waals surface area contributed by atoms with Crippen LogP contribution in [0.4, 0.5) is 11.5 Å². The minimum absolute atomic E-state index is 0.137. The molecular formula is C21H17N3O2. The van der Waals surface area contributed by atoms with E-state index in [1.54, 1.807) is 24.1 Å². The summed E-state index contributed by atoms with van der Waals surface area (Å²) in [6.07, 6.45) is 3.47. The molecule has 1 N–H and O–H groups in total. The lowest BCUT2D eigenvalue weighted by molar-refractivity contribution is 0.414. The van der Waals surface area contributed by atoms with Gasteiger partial charge in [-0.1, -0.05) is 24.3 Å². The third kappa shape index (κ3) is 2.91. The van der Waals surface area contributed by atoms with Crippen LogP contribution in [-0.4, -0.2) is 16.7 Å². The third-order valence-electron chi connectivity index (χ3n) is 4.19. The van der Waals surface area contributed by atoms with Gasteiger partial charge in [-0.3, -0.25) is 9.36 Å². The molecule has 0 aliphatic heterocycles. The highest BCUT2D eigenvalue weighted by Gasteiger charge is 2.11. The number of fused-ring (bicyclic) bond motifs is 1. The Hall–Kier alpha value is -3.60. The van der Waals surface area contributed by atoms with Gasteiger partial charge in [-0.05, 0) is 41.8 Å². The van der Waals surface area contributed by atoms with Crippen molar-refractivity contribution >= 4 is 22.3 Å². The maximum absolute atomic E-state index is 13.2. The summed E-state index contributed by atoms with van der Waals surface area (Å²) in [5, 5.41) is 4.62. The van der Waals surface area contributed by atoms with Crippen LogP contribution in [0.5, 0.6) is 5.75 Å². The van der Waals surface area contributed by atoms with E-state index >= 15 is 0 Å². The van der Waals surface area contributed by atoms with E-state index in [9.17, 15) is 4.79 Å².